The van der Waals surface area contributed by atoms with Crippen LogP contribution in [0.25, 0.3) is 0 Å². The topological polar surface area (TPSA) is 77.5 Å². The van der Waals surface area contributed by atoms with Gasteiger partial charge in [0.25, 0.3) is 0 Å². The highest BCUT2D eigenvalue weighted by atomic mass is 16.4. The van der Waals surface area contributed by atoms with Gasteiger partial charge in [0.15, 0.2) is 0 Å². The van der Waals surface area contributed by atoms with Gasteiger partial charge in [0.2, 0.25) is 0 Å². The zero-order chi connectivity index (χ0) is 14.4. The number of carboxylic acid groups (broad SMARTS) is 1. The molecular weight excluding hydrogens is 244 g/mol. The third-order valence-electron chi connectivity index (χ3n) is 2.74. The Morgan fingerprint density at radius 2 is 2.26 bits per heavy atom. The molecule has 1 N–H and O–H groups in total. The molecule has 0 radical (unpaired) electrons. The Hall–Kier alpha value is -1.80. The minimum atomic E-state index is -0.972. The molecule has 1 rings (SSSR count). The maximum Gasteiger partial charge on any atom is 0.339 e. The van der Waals surface area contributed by atoms with Gasteiger partial charge in [-0.05, 0) is 18.9 Å². The predicted octanol–water partition coefficient (Wildman–Crippen LogP) is 2.66. The number of aromatic carboxylic acids is 1. The summed E-state index contributed by atoms with van der Waals surface area (Å²) in [5.74, 6) is 0.564. The van der Waals surface area contributed by atoms with Crippen molar-refractivity contribution in [1.29, 1.82) is 5.26 Å². The van der Waals surface area contributed by atoms with E-state index >= 15 is 0 Å². The number of hydrogen-bond donors (Lipinski definition) is 1. The minimum Gasteiger partial charge on any atom is -0.478 e. The molecule has 1 heterocycles. The molecule has 0 saturated carbocycles. The fourth-order valence-electron chi connectivity index (χ4n) is 2.01. The lowest BCUT2D eigenvalue weighted by atomic mass is 10.2. The highest BCUT2D eigenvalue weighted by molar-refractivity contribution is 5.88. The van der Waals surface area contributed by atoms with E-state index in [2.05, 4.69) is 24.8 Å². The molecule has 1 aromatic rings. The highest BCUT2D eigenvalue weighted by Gasteiger charge is 2.16. The number of rotatable bonds is 7. The Morgan fingerprint density at radius 3 is 2.74 bits per heavy atom. The Labute approximate surface area is 113 Å². The highest BCUT2D eigenvalue weighted by Crippen LogP contribution is 2.17. The fourth-order valence-corrected chi connectivity index (χ4v) is 2.01. The molecule has 0 spiro atoms. The van der Waals surface area contributed by atoms with Crippen molar-refractivity contribution in [2.24, 2.45) is 5.92 Å². The van der Waals surface area contributed by atoms with Crippen molar-refractivity contribution in [1.82, 2.24) is 4.90 Å². The van der Waals surface area contributed by atoms with Gasteiger partial charge in [-0.2, -0.15) is 5.26 Å². The summed E-state index contributed by atoms with van der Waals surface area (Å²) in [6, 6.07) is 3.69. The van der Waals surface area contributed by atoms with Crippen molar-refractivity contribution in [3.8, 4) is 6.07 Å². The van der Waals surface area contributed by atoms with E-state index in [1.54, 1.807) is 13.0 Å². The summed E-state index contributed by atoms with van der Waals surface area (Å²) in [5, 5.41) is 17.6. The van der Waals surface area contributed by atoms with Crippen LogP contribution in [0.3, 0.4) is 0 Å². The van der Waals surface area contributed by atoms with Crippen LogP contribution in [0.5, 0.6) is 0 Å². The Kier molecular flexibility index (Phi) is 5.58. The first-order valence-corrected chi connectivity index (χ1v) is 6.36. The van der Waals surface area contributed by atoms with E-state index in [4.69, 9.17) is 14.8 Å². The second-order valence-corrected chi connectivity index (χ2v) is 5.02. The Morgan fingerprint density at radius 1 is 1.58 bits per heavy atom. The zero-order valence-electron chi connectivity index (χ0n) is 11.6. The third kappa shape index (κ3) is 4.76. The van der Waals surface area contributed by atoms with Gasteiger partial charge in [-0.1, -0.05) is 13.8 Å². The molecule has 0 aliphatic heterocycles. The van der Waals surface area contributed by atoms with E-state index in [-0.39, 0.29) is 5.56 Å². The van der Waals surface area contributed by atoms with Crippen LogP contribution in [0.2, 0.25) is 0 Å². The van der Waals surface area contributed by atoms with Crippen LogP contribution in [-0.2, 0) is 6.54 Å². The van der Waals surface area contributed by atoms with E-state index < -0.39 is 5.97 Å². The van der Waals surface area contributed by atoms with Gasteiger partial charge >= 0.3 is 5.97 Å². The quantitative estimate of drug-likeness (QED) is 0.819. The average molecular weight is 264 g/mol. The molecule has 1 aromatic heterocycles. The van der Waals surface area contributed by atoms with Gasteiger partial charge in [0.05, 0.1) is 12.6 Å². The van der Waals surface area contributed by atoms with Crippen LogP contribution < -0.4 is 0 Å². The number of carboxylic acids is 1. The molecule has 0 bridgehead atoms. The molecular formula is C14H20N2O3. The lowest BCUT2D eigenvalue weighted by molar-refractivity contribution is 0.0695. The van der Waals surface area contributed by atoms with E-state index in [1.165, 1.54) is 0 Å². The van der Waals surface area contributed by atoms with E-state index in [1.807, 2.05) is 0 Å². The summed E-state index contributed by atoms with van der Waals surface area (Å²) >= 11 is 0. The van der Waals surface area contributed by atoms with Gasteiger partial charge in [-0.15, -0.1) is 0 Å². The summed E-state index contributed by atoms with van der Waals surface area (Å²) in [6.45, 7) is 7.91. The van der Waals surface area contributed by atoms with Crippen LogP contribution >= 0.6 is 0 Å². The van der Waals surface area contributed by atoms with Crippen molar-refractivity contribution in [2.75, 3.05) is 13.1 Å². The zero-order valence-corrected chi connectivity index (χ0v) is 11.6. The minimum absolute atomic E-state index is 0.208. The third-order valence-corrected chi connectivity index (χ3v) is 2.74. The normalized spacial score (nSPS) is 10.9. The van der Waals surface area contributed by atoms with Crippen molar-refractivity contribution in [3.63, 3.8) is 0 Å². The molecule has 104 valence electrons. The van der Waals surface area contributed by atoms with Crippen LogP contribution in [0, 0.1) is 24.2 Å². The summed E-state index contributed by atoms with van der Waals surface area (Å²) in [4.78, 5) is 13.1. The lowest BCUT2D eigenvalue weighted by Crippen LogP contribution is -2.28. The SMILES string of the molecule is Cc1oc(CN(CCC#N)CC(C)C)cc1C(=O)O. The number of hydrogen-bond acceptors (Lipinski definition) is 4. The molecule has 0 saturated heterocycles. The number of nitrogens with zero attached hydrogens (tertiary/aromatic N) is 2. The number of aryl methyl sites for hydroxylation is 1. The molecule has 5 heteroatoms. The van der Waals surface area contributed by atoms with Crippen LogP contribution in [0.4, 0.5) is 0 Å². The van der Waals surface area contributed by atoms with Gasteiger partial charge in [-0.3, -0.25) is 4.90 Å². The second kappa shape index (κ2) is 6.95. The van der Waals surface area contributed by atoms with Crippen molar-refractivity contribution in [3.05, 3.63) is 23.2 Å². The monoisotopic (exact) mass is 264 g/mol. The number of nitriles is 1. The van der Waals surface area contributed by atoms with Crippen LogP contribution in [0.1, 0.15) is 42.1 Å². The van der Waals surface area contributed by atoms with Crippen LogP contribution in [-0.4, -0.2) is 29.1 Å². The van der Waals surface area contributed by atoms with E-state index in [0.717, 1.165) is 6.54 Å². The molecule has 0 atom stereocenters. The number of carbonyl (C=O) groups is 1. The molecule has 0 fully saturated rings. The molecule has 0 unspecified atom stereocenters. The first kappa shape index (κ1) is 15.3. The molecule has 0 aliphatic carbocycles. The first-order chi connectivity index (χ1) is 8.93. The smallest absolute Gasteiger partial charge is 0.339 e. The fraction of sp³-hybridized carbons (Fsp3) is 0.571. The second-order valence-electron chi connectivity index (χ2n) is 5.02. The van der Waals surface area contributed by atoms with Crippen molar-refractivity contribution in [2.45, 2.75) is 33.7 Å². The molecule has 0 aliphatic rings. The Balaban J connectivity index is 2.75. The molecule has 0 amide bonds. The van der Waals surface area contributed by atoms with Crippen molar-refractivity contribution >= 4 is 5.97 Å². The molecule has 19 heavy (non-hydrogen) atoms. The summed E-state index contributed by atoms with van der Waals surface area (Å²) < 4.78 is 5.46. The van der Waals surface area contributed by atoms with Crippen LogP contribution in [0.15, 0.2) is 10.5 Å². The Bertz CT molecular complexity index is 472. The predicted molar refractivity (Wildman–Crippen MR) is 70.7 cm³/mol. The number of furan rings is 1. The molecule has 0 aromatic carbocycles. The largest absolute Gasteiger partial charge is 0.478 e. The first-order valence-electron chi connectivity index (χ1n) is 6.36. The summed E-state index contributed by atoms with van der Waals surface area (Å²) in [5.41, 5.74) is 0.208. The van der Waals surface area contributed by atoms with Gasteiger partial charge < -0.3 is 9.52 Å². The van der Waals surface area contributed by atoms with Gasteiger partial charge in [-0.25, -0.2) is 4.79 Å². The standard InChI is InChI=1S/C14H20N2O3/c1-10(2)8-16(6-4-5-15)9-12-7-13(14(17)18)11(3)19-12/h7,10H,4,6,8-9H2,1-3H3,(H,17,18). The summed E-state index contributed by atoms with van der Waals surface area (Å²) in [7, 11) is 0. The van der Waals surface area contributed by atoms with E-state index in [9.17, 15) is 4.79 Å². The van der Waals surface area contributed by atoms with Crippen molar-refractivity contribution < 1.29 is 14.3 Å². The summed E-state index contributed by atoms with van der Waals surface area (Å²) in [6.07, 6.45) is 0.457. The average Bonchev–Trinajstić information content (AvgIpc) is 2.66. The van der Waals surface area contributed by atoms with Gasteiger partial charge in [0, 0.05) is 19.5 Å². The molecule has 5 nitrogen and oxygen atoms in total. The van der Waals surface area contributed by atoms with Gasteiger partial charge in [0.1, 0.15) is 17.1 Å². The maximum atomic E-state index is 11.0. The lowest BCUT2D eigenvalue weighted by Gasteiger charge is -2.21. The van der Waals surface area contributed by atoms with E-state index in [0.29, 0.717) is 36.9 Å². The maximum absolute atomic E-state index is 11.0.